The zero-order valence-electron chi connectivity index (χ0n) is 12.2. The molecule has 0 radical (unpaired) electrons. The van der Waals surface area contributed by atoms with E-state index in [0.29, 0.717) is 10.0 Å². The fourth-order valence-corrected chi connectivity index (χ4v) is 3.26. The minimum Gasteiger partial charge on any atom is -0.391 e. The number of halogens is 3. The summed E-state index contributed by atoms with van der Waals surface area (Å²) in [4.78, 5) is 5.33. The van der Waals surface area contributed by atoms with Crippen LogP contribution in [0.1, 0.15) is 23.1 Å². The monoisotopic (exact) mass is 365 g/mol. The summed E-state index contributed by atoms with van der Waals surface area (Å²) in [6.07, 6.45) is 3.49. The average Bonchev–Trinajstić information content (AvgIpc) is 2.55. The second kappa shape index (κ2) is 7.39. The van der Waals surface area contributed by atoms with Gasteiger partial charge in [-0.25, -0.2) is 0 Å². The lowest BCUT2D eigenvalue weighted by atomic mass is 9.92. The lowest BCUT2D eigenvalue weighted by Gasteiger charge is -2.16. The van der Waals surface area contributed by atoms with Gasteiger partial charge in [-0.2, -0.15) is 0 Å². The third-order valence-electron chi connectivity index (χ3n) is 3.72. The Hall–Kier alpha value is -1.48. The maximum atomic E-state index is 6.45. The first kappa shape index (κ1) is 16.4. The molecule has 0 aliphatic heterocycles. The van der Waals surface area contributed by atoms with E-state index in [4.69, 9.17) is 39.6 Å². The summed E-state index contributed by atoms with van der Waals surface area (Å²) in [6.45, 7) is 0.286. The van der Waals surface area contributed by atoms with Crippen LogP contribution in [0.15, 0.2) is 53.2 Å². The van der Waals surface area contributed by atoms with Gasteiger partial charge < -0.3 is 4.84 Å². The molecule has 1 aliphatic rings. The molecular weight excluding hydrogens is 353 g/mol. The zero-order chi connectivity index (χ0) is 16.2. The van der Waals surface area contributed by atoms with Crippen LogP contribution in [0, 0.1) is 0 Å². The fourth-order valence-electron chi connectivity index (χ4n) is 2.47. The first-order chi connectivity index (χ1) is 11.1. The maximum absolute atomic E-state index is 6.45. The number of allylic oxidation sites excluding steroid dienone is 1. The highest BCUT2D eigenvalue weighted by atomic mass is 35.5. The van der Waals surface area contributed by atoms with E-state index in [2.05, 4.69) is 11.2 Å². The normalized spacial score (nSPS) is 14.2. The topological polar surface area (TPSA) is 21.6 Å². The summed E-state index contributed by atoms with van der Waals surface area (Å²) >= 11 is 18.4. The second-order valence-corrected chi connectivity index (χ2v) is 6.46. The molecule has 3 rings (SSSR count). The van der Waals surface area contributed by atoms with Gasteiger partial charge in [0, 0.05) is 15.6 Å². The number of oxime groups is 1. The van der Waals surface area contributed by atoms with Crippen LogP contribution in [0.4, 0.5) is 0 Å². The quantitative estimate of drug-likeness (QED) is 0.474. The van der Waals surface area contributed by atoms with E-state index in [-0.39, 0.29) is 6.61 Å². The second-order valence-electron chi connectivity index (χ2n) is 5.24. The van der Waals surface area contributed by atoms with Crippen LogP contribution in [0.25, 0.3) is 5.03 Å². The Morgan fingerprint density at radius 3 is 2.70 bits per heavy atom. The molecule has 5 heteroatoms. The van der Waals surface area contributed by atoms with E-state index >= 15 is 0 Å². The van der Waals surface area contributed by atoms with Crippen molar-refractivity contribution in [3.8, 4) is 0 Å². The molecule has 0 atom stereocenters. The summed E-state index contributed by atoms with van der Waals surface area (Å²) in [5.74, 6) is 0. The van der Waals surface area contributed by atoms with Crippen LogP contribution >= 0.6 is 34.8 Å². The lowest BCUT2D eigenvalue weighted by Crippen LogP contribution is -2.03. The first-order valence-electron chi connectivity index (χ1n) is 7.21. The van der Waals surface area contributed by atoms with Gasteiger partial charge in [0.15, 0.2) is 0 Å². The molecule has 0 saturated carbocycles. The minimum absolute atomic E-state index is 0.286. The van der Waals surface area contributed by atoms with Gasteiger partial charge in [-0.15, -0.1) is 0 Å². The van der Waals surface area contributed by atoms with E-state index < -0.39 is 0 Å². The summed E-state index contributed by atoms with van der Waals surface area (Å²) < 4.78 is 0. The van der Waals surface area contributed by atoms with Crippen LogP contribution in [-0.2, 0) is 17.9 Å². The van der Waals surface area contributed by atoms with Crippen molar-refractivity contribution in [3.05, 3.63) is 74.8 Å². The highest BCUT2D eigenvalue weighted by molar-refractivity contribution is 6.50. The van der Waals surface area contributed by atoms with Crippen LogP contribution in [0.5, 0.6) is 0 Å². The number of rotatable bonds is 4. The molecule has 0 unspecified atom stereocenters. The number of aryl methyl sites for hydroxylation is 1. The van der Waals surface area contributed by atoms with Gasteiger partial charge in [0.1, 0.15) is 6.61 Å². The maximum Gasteiger partial charge on any atom is 0.143 e. The Bertz CT molecular complexity index is 784. The van der Waals surface area contributed by atoms with Gasteiger partial charge in [-0.05, 0) is 41.7 Å². The smallest absolute Gasteiger partial charge is 0.143 e. The molecule has 2 nitrogen and oxygen atoms in total. The molecule has 0 heterocycles. The number of hydrogen-bond donors (Lipinski definition) is 0. The Morgan fingerprint density at radius 2 is 1.87 bits per heavy atom. The third kappa shape index (κ3) is 3.89. The van der Waals surface area contributed by atoms with Crippen LogP contribution in [0.2, 0.25) is 10.0 Å². The fraction of sp³-hybridized carbons (Fsp3) is 0.167. The van der Waals surface area contributed by atoms with E-state index in [1.54, 1.807) is 18.3 Å². The van der Waals surface area contributed by atoms with Gasteiger partial charge in [0.05, 0.1) is 11.2 Å². The highest BCUT2D eigenvalue weighted by Gasteiger charge is 2.15. The number of nitrogens with zero attached hydrogens (tertiary/aromatic N) is 1. The molecule has 0 N–H and O–H groups in total. The molecule has 0 spiro atoms. The average molecular weight is 367 g/mol. The van der Waals surface area contributed by atoms with Gasteiger partial charge in [-0.1, -0.05) is 70.3 Å². The lowest BCUT2D eigenvalue weighted by molar-refractivity contribution is 0.132. The molecule has 1 aliphatic carbocycles. The standard InChI is InChI=1S/C18H14Cl3NO/c19-15-8-7-14(17(20)9-15)11-23-22-10-13-6-5-12-3-1-2-4-16(12)18(13)21/h1-4,7-10H,5-6,11H2/b22-10-. The predicted molar refractivity (Wildman–Crippen MR) is 97.3 cm³/mol. The van der Waals surface area contributed by atoms with Crippen molar-refractivity contribution in [2.24, 2.45) is 5.16 Å². The molecule has 118 valence electrons. The van der Waals surface area contributed by atoms with E-state index in [0.717, 1.165) is 34.6 Å². The number of fused-ring (bicyclic) bond motifs is 1. The predicted octanol–water partition coefficient (Wildman–Crippen LogP) is 6.09. The Morgan fingerprint density at radius 1 is 1.04 bits per heavy atom. The minimum atomic E-state index is 0.286. The van der Waals surface area contributed by atoms with Crippen molar-refractivity contribution in [2.75, 3.05) is 0 Å². The molecule has 0 fully saturated rings. The van der Waals surface area contributed by atoms with Gasteiger partial charge in [0.25, 0.3) is 0 Å². The molecule has 0 aromatic heterocycles. The van der Waals surface area contributed by atoms with Gasteiger partial charge >= 0.3 is 0 Å². The van der Waals surface area contributed by atoms with Crippen molar-refractivity contribution in [3.63, 3.8) is 0 Å². The number of hydrogen-bond acceptors (Lipinski definition) is 2. The van der Waals surface area contributed by atoms with E-state index in [9.17, 15) is 0 Å². The molecule has 2 aromatic carbocycles. The third-order valence-corrected chi connectivity index (χ3v) is 4.75. The highest BCUT2D eigenvalue weighted by Crippen LogP contribution is 2.33. The van der Waals surface area contributed by atoms with Crippen LogP contribution in [-0.4, -0.2) is 6.21 Å². The van der Waals surface area contributed by atoms with E-state index in [1.165, 1.54) is 5.56 Å². The van der Waals surface area contributed by atoms with E-state index in [1.807, 2.05) is 24.3 Å². The number of benzene rings is 2. The van der Waals surface area contributed by atoms with Crippen molar-refractivity contribution < 1.29 is 4.84 Å². The van der Waals surface area contributed by atoms with Crippen molar-refractivity contribution in [2.45, 2.75) is 19.4 Å². The van der Waals surface area contributed by atoms with Crippen molar-refractivity contribution in [1.82, 2.24) is 0 Å². The Kier molecular flexibility index (Phi) is 5.27. The molecule has 0 bridgehead atoms. The van der Waals surface area contributed by atoms with Gasteiger partial charge in [0.2, 0.25) is 0 Å². The molecular formula is C18H14Cl3NO. The molecule has 23 heavy (non-hydrogen) atoms. The first-order valence-corrected chi connectivity index (χ1v) is 8.35. The van der Waals surface area contributed by atoms with Crippen molar-refractivity contribution >= 4 is 46.0 Å². The molecule has 0 saturated heterocycles. The largest absolute Gasteiger partial charge is 0.391 e. The Labute approximate surface area is 150 Å². The molecule has 0 amide bonds. The summed E-state index contributed by atoms with van der Waals surface area (Å²) in [5.41, 5.74) is 4.15. The Balaban J connectivity index is 1.67. The summed E-state index contributed by atoms with van der Waals surface area (Å²) in [7, 11) is 0. The van der Waals surface area contributed by atoms with Gasteiger partial charge in [-0.3, -0.25) is 0 Å². The van der Waals surface area contributed by atoms with Crippen LogP contribution in [0.3, 0.4) is 0 Å². The zero-order valence-corrected chi connectivity index (χ0v) is 14.5. The summed E-state index contributed by atoms with van der Waals surface area (Å²) in [6, 6.07) is 13.4. The van der Waals surface area contributed by atoms with Crippen LogP contribution < -0.4 is 0 Å². The van der Waals surface area contributed by atoms with Crippen molar-refractivity contribution in [1.29, 1.82) is 0 Å². The summed E-state index contributed by atoms with van der Waals surface area (Å²) in [5, 5.41) is 5.92. The molecule has 2 aromatic rings. The SMILES string of the molecule is ClC1=C(/C=N\OCc2ccc(Cl)cc2Cl)CCc2ccccc21.